The third-order valence-corrected chi connectivity index (χ3v) is 6.50. The summed E-state index contributed by atoms with van der Waals surface area (Å²) < 4.78 is 1.72. The molecule has 7 nitrogen and oxygen atoms in total. The molecule has 4 rings (SSSR count). The Morgan fingerprint density at radius 3 is 2.53 bits per heavy atom. The maximum atomic E-state index is 12.9. The van der Waals surface area contributed by atoms with E-state index in [2.05, 4.69) is 10.4 Å². The van der Waals surface area contributed by atoms with Crippen LogP contribution in [0.1, 0.15) is 41.4 Å². The Morgan fingerprint density at radius 1 is 1.13 bits per heavy atom. The molecule has 2 amide bonds. The summed E-state index contributed by atoms with van der Waals surface area (Å²) in [6, 6.07) is 9.42. The first kappa shape index (κ1) is 20.6. The van der Waals surface area contributed by atoms with Gasteiger partial charge in [0.05, 0.1) is 18.6 Å². The Labute approximate surface area is 177 Å². The van der Waals surface area contributed by atoms with Crippen molar-refractivity contribution < 1.29 is 14.7 Å². The number of hydrogen-bond acceptors (Lipinski definition) is 4. The number of carbonyl (C=O) groups excluding carboxylic acids is 2. The summed E-state index contributed by atoms with van der Waals surface area (Å²) in [6.07, 6.45) is 2.69. The minimum absolute atomic E-state index is 0.00167. The highest BCUT2D eigenvalue weighted by molar-refractivity contribution is 5.92. The predicted octanol–water partition coefficient (Wildman–Crippen LogP) is 1.78. The zero-order valence-corrected chi connectivity index (χ0v) is 17.6. The Morgan fingerprint density at radius 2 is 1.83 bits per heavy atom. The maximum absolute atomic E-state index is 12.9. The van der Waals surface area contributed by atoms with Crippen molar-refractivity contribution in [2.24, 2.45) is 11.8 Å². The van der Waals surface area contributed by atoms with Gasteiger partial charge in [-0.25, -0.2) is 0 Å². The molecule has 2 aliphatic rings. The molecule has 1 aliphatic carbocycles. The lowest BCUT2D eigenvalue weighted by molar-refractivity contribution is -0.122. The summed E-state index contributed by atoms with van der Waals surface area (Å²) in [6.45, 7) is 5.95. The van der Waals surface area contributed by atoms with Crippen LogP contribution >= 0.6 is 0 Å². The van der Waals surface area contributed by atoms with Crippen molar-refractivity contribution in [3.05, 3.63) is 53.3 Å². The third-order valence-electron chi connectivity index (χ3n) is 6.50. The molecule has 2 aromatic rings. The Hall–Kier alpha value is -2.67. The van der Waals surface area contributed by atoms with Crippen molar-refractivity contribution in [1.82, 2.24) is 20.0 Å². The number of fused-ring (bicyclic) bond motifs is 1. The highest BCUT2D eigenvalue weighted by atomic mass is 16.3. The fraction of sp³-hybridized carbons (Fsp3) is 0.522. The molecule has 1 aliphatic heterocycles. The van der Waals surface area contributed by atoms with Crippen LogP contribution in [-0.4, -0.2) is 56.8 Å². The molecule has 2 heterocycles. The fourth-order valence-corrected chi connectivity index (χ4v) is 4.83. The first-order chi connectivity index (χ1) is 14.4. The minimum atomic E-state index is -0.579. The van der Waals surface area contributed by atoms with E-state index >= 15 is 0 Å². The summed E-state index contributed by atoms with van der Waals surface area (Å²) >= 11 is 0. The molecule has 0 spiro atoms. The molecule has 0 unspecified atom stereocenters. The SMILES string of the molecule is CCn1nccc1C(=O)N1C[C@H]2C[C@H](O)[C@@H](NC(=O)Cc3ccc(C)cc3)C[C@H]2C1. The van der Waals surface area contributed by atoms with Gasteiger partial charge in [-0.15, -0.1) is 0 Å². The molecular formula is C23H30N4O3. The Bertz CT molecular complexity index is 907. The van der Waals surface area contributed by atoms with Gasteiger partial charge in [0.1, 0.15) is 5.69 Å². The summed E-state index contributed by atoms with van der Waals surface area (Å²) in [5.74, 6) is 0.490. The number of aliphatic hydroxyl groups excluding tert-OH is 1. The van der Waals surface area contributed by atoms with Crippen molar-refractivity contribution >= 4 is 11.8 Å². The first-order valence-corrected chi connectivity index (χ1v) is 10.8. The number of amides is 2. The van der Waals surface area contributed by atoms with Crippen molar-refractivity contribution in [3.8, 4) is 0 Å². The van der Waals surface area contributed by atoms with Crippen molar-refractivity contribution in [2.45, 2.75) is 51.8 Å². The van der Waals surface area contributed by atoms with Crippen LogP contribution in [0.25, 0.3) is 0 Å². The van der Waals surface area contributed by atoms with Crippen LogP contribution in [0.5, 0.6) is 0 Å². The number of carbonyl (C=O) groups is 2. The molecule has 7 heteroatoms. The largest absolute Gasteiger partial charge is 0.391 e. The van der Waals surface area contributed by atoms with Gasteiger partial charge in [-0.05, 0) is 50.2 Å². The van der Waals surface area contributed by atoms with Gasteiger partial charge in [0.15, 0.2) is 0 Å². The van der Waals surface area contributed by atoms with E-state index in [1.807, 2.05) is 43.0 Å². The molecule has 1 aromatic heterocycles. The number of benzene rings is 1. The lowest BCUT2D eigenvalue weighted by Gasteiger charge is -2.35. The van der Waals surface area contributed by atoms with Crippen molar-refractivity contribution in [1.29, 1.82) is 0 Å². The van der Waals surface area contributed by atoms with E-state index in [-0.39, 0.29) is 23.8 Å². The zero-order chi connectivity index (χ0) is 21.3. The number of nitrogens with zero attached hydrogens (tertiary/aromatic N) is 3. The fourth-order valence-electron chi connectivity index (χ4n) is 4.83. The molecule has 2 N–H and O–H groups in total. The van der Waals surface area contributed by atoms with E-state index in [9.17, 15) is 14.7 Å². The molecule has 1 saturated heterocycles. The van der Waals surface area contributed by atoms with E-state index in [1.54, 1.807) is 16.9 Å². The summed E-state index contributed by atoms with van der Waals surface area (Å²) in [7, 11) is 0. The number of aliphatic hydroxyl groups is 1. The summed E-state index contributed by atoms with van der Waals surface area (Å²) in [5.41, 5.74) is 2.74. The van der Waals surface area contributed by atoms with E-state index in [0.717, 1.165) is 11.1 Å². The van der Waals surface area contributed by atoms with E-state index in [0.29, 0.717) is 50.5 Å². The molecule has 1 saturated carbocycles. The van der Waals surface area contributed by atoms with E-state index in [1.165, 1.54) is 0 Å². The van der Waals surface area contributed by atoms with Crippen LogP contribution in [0, 0.1) is 18.8 Å². The standard InChI is InChI=1S/C23H30N4O3/c1-3-27-20(8-9-24-27)23(30)26-13-17-11-19(21(28)12-18(17)14-26)25-22(29)10-16-6-4-15(2)5-7-16/h4-9,17-19,21,28H,3,10-14H2,1-2H3,(H,25,29)/t17-,18+,19-,21-/m0/s1. The number of likely N-dealkylation sites (tertiary alicyclic amines) is 1. The van der Waals surface area contributed by atoms with Gasteiger partial charge in [0.25, 0.3) is 5.91 Å². The number of hydrogen-bond donors (Lipinski definition) is 2. The summed E-state index contributed by atoms with van der Waals surface area (Å²) in [4.78, 5) is 27.3. The molecule has 30 heavy (non-hydrogen) atoms. The van der Waals surface area contributed by atoms with Crippen LogP contribution in [0.2, 0.25) is 0 Å². The van der Waals surface area contributed by atoms with Crippen molar-refractivity contribution in [3.63, 3.8) is 0 Å². The zero-order valence-electron chi connectivity index (χ0n) is 17.6. The maximum Gasteiger partial charge on any atom is 0.272 e. The Balaban J connectivity index is 1.35. The minimum Gasteiger partial charge on any atom is -0.391 e. The first-order valence-electron chi connectivity index (χ1n) is 10.8. The molecule has 2 fully saturated rings. The molecule has 4 atom stereocenters. The topological polar surface area (TPSA) is 87.5 Å². The number of aromatic nitrogens is 2. The lowest BCUT2D eigenvalue weighted by Crippen LogP contribution is -2.49. The average Bonchev–Trinajstić information content (AvgIpc) is 3.36. The van der Waals surface area contributed by atoms with Gasteiger partial charge in [0.2, 0.25) is 5.91 Å². The van der Waals surface area contributed by atoms with Gasteiger partial charge in [0, 0.05) is 25.8 Å². The lowest BCUT2D eigenvalue weighted by atomic mass is 9.77. The van der Waals surface area contributed by atoms with Crippen LogP contribution in [0.4, 0.5) is 0 Å². The van der Waals surface area contributed by atoms with Crippen LogP contribution in [0.3, 0.4) is 0 Å². The number of nitrogens with one attached hydrogen (secondary N) is 1. The van der Waals surface area contributed by atoms with Gasteiger partial charge < -0.3 is 15.3 Å². The quantitative estimate of drug-likeness (QED) is 0.787. The molecule has 0 bridgehead atoms. The Kier molecular flexibility index (Phi) is 5.90. The molecule has 160 valence electrons. The highest BCUT2D eigenvalue weighted by Gasteiger charge is 2.43. The molecular weight excluding hydrogens is 380 g/mol. The smallest absolute Gasteiger partial charge is 0.272 e. The van der Waals surface area contributed by atoms with Gasteiger partial charge in [-0.3, -0.25) is 14.3 Å². The van der Waals surface area contributed by atoms with Gasteiger partial charge >= 0.3 is 0 Å². The second-order valence-electron chi connectivity index (χ2n) is 8.64. The number of rotatable bonds is 5. The monoisotopic (exact) mass is 410 g/mol. The highest BCUT2D eigenvalue weighted by Crippen LogP contribution is 2.37. The molecule has 1 aromatic carbocycles. The van der Waals surface area contributed by atoms with E-state index < -0.39 is 6.10 Å². The average molecular weight is 411 g/mol. The van der Waals surface area contributed by atoms with Crippen LogP contribution in [0.15, 0.2) is 36.5 Å². The van der Waals surface area contributed by atoms with Gasteiger partial charge in [-0.2, -0.15) is 5.10 Å². The second kappa shape index (κ2) is 8.60. The van der Waals surface area contributed by atoms with Crippen molar-refractivity contribution in [2.75, 3.05) is 13.1 Å². The molecule has 0 radical (unpaired) electrons. The predicted molar refractivity (Wildman–Crippen MR) is 113 cm³/mol. The van der Waals surface area contributed by atoms with Crippen LogP contribution in [-0.2, 0) is 17.8 Å². The van der Waals surface area contributed by atoms with Crippen LogP contribution < -0.4 is 5.32 Å². The summed E-state index contributed by atoms with van der Waals surface area (Å²) in [5, 5.41) is 17.8. The van der Waals surface area contributed by atoms with Gasteiger partial charge in [-0.1, -0.05) is 29.8 Å². The third kappa shape index (κ3) is 4.26. The number of aryl methyl sites for hydroxylation is 2. The van der Waals surface area contributed by atoms with E-state index in [4.69, 9.17) is 0 Å². The normalized spacial score (nSPS) is 25.8. The second-order valence-corrected chi connectivity index (χ2v) is 8.64.